The molecule has 1 aromatic carbocycles. The lowest BCUT2D eigenvalue weighted by molar-refractivity contribution is 0.0343. The highest BCUT2D eigenvalue weighted by Gasteiger charge is 2.29. The Hall–Kier alpha value is -1.89. The average molecular weight is 383 g/mol. The first-order chi connectivity index (χ1) is 13.8. The predicted molar refractivity (Wildman–Crippen MR) is 110 cm³/mol. The van der Waals surface area contributed by atoms with Crippen molar-refractivity contribution in [2.45, 2.75) is 31.8 Å². The van der Waals surface area contributed by atoms with Gasteiger partial charge in [-0.3, -0.25) is 14.6 Å². The Bertz CT molecular complexity index is 830. The summed E-state index contributed by atoms with van der Waals surface area (Å²) in [4.78, 5) is 23.5. The number of aromatic amines is 1. The molecule has 0 bridgehead atoms. The van der Waals surface area contributed by atoms with Crippen LogP contribution in [-0.4, -0.2) is 84.1 Å². The van der Waals surface area contributed by atoms with Gasteiger partial charge in [-0.1, -0.05) is 6.42 Å². The van der Waals surface area contributed by atoms with E-state index in [1.165, 1.54) is 30.2 Å². The molecule has 150 valence electrons. The van der Waals surface area contributed by atoms with Gasteiger partial charge in [-0.25, -0.2) is 0 Å². The number of aromatic nitrogens is 1. The van der Waals surface area contributed by atoms with Crippen LogP contribution in [0.1, 0.15) is 35.2 Å². The van der Waals surface area contributed by atoms with Crippen LogP contribution >= 0.6 is 0 Å². The molecule has 6 nitrogen and oxygen atoms in total. The molecule has 2 aromatic rings. The molecule has 3 heterocycles. The third-order valence-corrected chi connectivity index (χ3v) is 6.70. The van der Waals surface area contributed by atoms with Crippen molar-refractivity contribution in [3.8, 4) is 0 Å². The van der Waals surface area contributed by atoms with Gasteiger partial charge in [0.15, 0.2) is 0 Å². The first-order valence-electron chi connectivity index (χ1n) is 10.7. The van der Waals surface area contributed by atoms with Crippen molar-refractivity contribution in [2.24, 2.45) is 0 Å². The SMILES string of the molecule is O=C(c1ccc2[nH]cc(CN3CCOCC3)c2c1)N1CCN(C2CCC2)CC1. The zero-order valence-electron chi connectivity index (χ0n) is 16.5. The van der Waals surface area contributed by atoms with Gasteiger partial charge in [0.1, 0.15) is 0 Å². The summed E-state index contributed by atoms with van der Waals surface area (Å²) in [7, 11) is 0. The number of rotatable bonds is 4. The monoisotopic (exact) mass is 382 g/mol. The summed E-state index contributed by atoms with van der Waals surface area (Å²) in [5.41, 5.74) is 3.18. The molecule has 0 atom stereocenters. The Morgan fingerprint density at radius 1 is 1.07 bits per heavy atom. The summed E-state index contributed by atoms with van der Waals surface area (Å²) in [6.07, 6.45) is 6.13. The van der Waals surface area contributed by atoms with E-state index in [0.717, 1.165) is 76.1 Å². The standard InChI is InChI=1S/C22H30N4O2/c27-22(26-8-6-25(7-9-26)19-2-1-3-19)17-4-5-21-20(14-17)18(15-23-21)16-24-10-12-28-13-11-24/h4-5,14-15,19,23H,1-3,6-13,16H2. The molecule has 5 rings (SSSR count). The van der Waals surface area contributed by atoms with Crippen molar-refractivity contribution in [2.75, 3.05) is 52.5 Å². The van der Waals surface area contributed by atoms with Gasteiger partial charge in [0.05, 0.1) is 13.2 Å². The molecular weight excluding hydrogens is 352 g/mol. The van der Waals surface area contributed by atoms with Gasteiger partial charge in [0.25, 0.3) is 5.91 Å². The van der Waals surface area contributed by atoms with E-state index in [9.17, 15) is 4.79 Å². The molecule has 2 aliphatic heterocycles. The molecule has 0 radical (unpaired) electrons. The predicted octanol–water partition coefficient (Wildman–Crippen LogP) is 2.31. The number of carbonyl (C=O) groups is 1. The number of benzene rings is 1. The van der Waals surface area contributed by atoms with Gasteiger partial charge < -0.3 is 14.6 Å². The Balaban J connectivity index is 1.28. The molecule has 3 aliphatic rings. The van der Waals surface area contributed by atoms with Crippen LogP contribution in [0.3, 0.4) is 0 Å². The topological polar surface area (TPSA) is 51.8 Å². The van der Waals surface area contributed by atoms with Crippen molar-refractivity contribution in [3.63, 3.8) is 0 Å². The number of fused-ring (bicyclic) bond motifs is 1. The van der Waals surface area contributed by atoms with E-state index in [1.807, 2.05) is 11.0 Å². The van der Waals surface area contributed by atoms with Gasteiger partial charge in [0, 0.05) is 74.5 Å². The Morgan fingerprint density at radius 3 is 2.57 bits per heavy atom. The minimum atomic E-state index is 0.175. The molecule has 1 aromatic heterocycles. The lowest BCUT2D eigenvalue weighted by Gasteiger charge is -2.42. The number of carbonyl (C=O) groups excluding carboxylic acids is 1. The highest BCUT2D eigenvalue weighted by molar-refractivity contribution is 5.98. The zero-order chi connectivity index (χ0) is 18.9. The number of morpholine rings is 1. The normalized spacial score (nSPS) is 22.5. The molecule has 0 unspecified atom stereocenters. The van der Waals surface area contributed by atoms with Crippen LogP contribution in [0.25, 0.3) is 10.9 Å². The van der Waals surface area contributed by atoms with Gasteiger partial charge in [-0.2, -0.15) is 0 Å². The maximum atomic E-state index is 13.1. The van der Waals surface area contributed by atoms with Crippen molar-refractivity contribution >= 4 is 16.8 Å². The number of amides is 1. The quantitative estimate of drug-likeness (QED) is 0.882. The number of piperazine rings is 1. The number of hydrogen-bond donors (Lipinski definition) is 1. The number of nitrogens with zero attached hydrogens (tertiary/aromatic N) is 3. The van der Waals surface area contributed by atoms with Crippen LogP contribution in [0.15, 0.2) is 24.4 Å². The minimum absolute atomic E-state index is 0.175. The molecule has 1 amide bonds. The number of H-pyrrole nitrogens is 1. The first kappa shape index (κ1) is 18.2. The van der Waals surface area contributed by atoms with E-state index in [2.05, 4.69) is 33.1 Å². The second-order valence-corrected chi connectivity index (χ2v) is 8.38. The maximum absolute atomic E-state index is 13.1. The van der Waals surface area contributed by atoms with Crippen LogP contribution in [0.5, 0.6) is 0 Å². The minimum Gasteiger partial charge on any atom is -0.379 e. The lowest BCUT2D eigenvalue weighted by Crippen LogP contribution is -2.53. The van der Waals surface area contributed by atoms with E-state index in [1.54, 1.807) is 0 Å². The fourth-order valence-electron chi connectivity index (χ4n) is 4.67. The number of nitrogens with one attached hydrogen (secondary N) is 1. The molecule has 6 heteroatoms. The molecule has 1 saturated carbocycles. The van der Waals surface area contributed by atoms with Crippen molar-refractivity contribution < 1.29 is 9.53 Å². The Kier molecular flexibility index (Phi) is 5.09. The van der Waals surface area contributed by atoms with Crippen molar-refractivity contribution in [3.05, 3.63) is 35.5 Å². The fraction of sp³-hybridized carbons (Fsp3) is 0.591. The largest absolute Gasteiger partial charge is 0.379 e. The molecule has 28 heavy (non-hydrogen) atoms. The van der Waals surface area contributed by atoms with Crippen LogP contribution in [0, 0.1) is 0 Å². The summed E-state index contributed by atoms with van der Waals surface area (Å²) in [5.74, 6) is 0.175. The summed E-state index contributed by atoms with van der Waals surface area (Å²) in [5, 5.41) is 1.17. The summed E-state index contributed by atoms with van der Waals surface area (Å²) in [6.45, 7) is 8.19. The Labute approximate surface area is 166 Å². The highest BCUT2D eigenvalue weighted by Crippen LogP contribution is 2.26. The lowest BCUT2D eigenvalue weighted by atomic mass is 9.91. The van der Waals surface area contributed by atoms with Gasteiger partial charge in [-0.05, 0) is 36.6 Å². The van der Waals surface area contributed by atoms with Gasteiger partial charge in [0.2, 0.25) is 0 Å². The third-order valence-electron chi connectivity index (χ3n) is 6.70. The van der Waals surface area contributed by atoms with Crippen LogP contribution < -0.4 is 0 Å². The van der Waals surface area contributed by atoms with E-state index < -0.39 is 0 Å². The number of ether oxygens (including phenoxy) is 1. The van der Waals surface area contributed by atoms with E-state index >= 15 is 0 Å². The van der Waals surface area contributed by atoms with Gasteiger partial charge >= 0.3 is 0 Å². The summed E-state index contributed by atoms with van der Waals surface area (Å²) in [6, 6.07) is 6.88. The van der Waals surface area contributed by atoms with E-state index in [0.29, 0.717) is 0 Å². The number of hydrogen-bond acceptors (Lipinski definition) is 4. The smallest absolute Gasteiger partial charge is 0.253 e. The van der Waals surface area contributed by atoms with Crippen molar-refractivity contribution in [1.82, 2.24) is 19.7 Å². The third kappa shape index (κ3) is 3.56. The molecule has 2 saturated heterocycles. The second-order valence-electron chi connectivity index (χ2n) is 8.38. The van der Waals surface area contributed by atoms with E-state index in [4.69, 9.17) is 4.74 Å². The fourth-order valence-corrected chi connectivity index (χ4v) is 4.67. The average Bonchev–Trinajstić information content (AvgIpc) is 3.09. The maximum Gasteiger partial charge on any atom is 0.253 e. The molecule has 0 spiro atoms. The van der Waals surface area contributed by atoms with Crippen LogP contribution in [0.4, 0.5) is 0 Å². The second kappa shape index (κ2) is 7.85. The zero-order valence-corrected chi connectivity index (χ0v) is 16.5. The van der Waals surface area contributed by atoms with Crippen molar-refractivity contribution in [1.29, 1.82) is 0 Å². The summed E-state index contributed by atoms with van der Waals surface area (Å²) >= 11 is 0. The summed E-state index contributed by atoms with van der Waals surface area (Å²) < 4.78 is 5.45. The van der Waals surface area contributed by atoms with Gasteiger partial charge in [-0.15, -0.1) is 0 Å². The van der Waals surface area contributed by atoms with Crippen LogP contribution in [-0.2, 0) is 11.3 Å². The first-order valence-corrected chi connectivity index (χ1v) is 10.7. The molecule has 1 N–H and O–H groups in total. The van der Waals surface area contributed by atoms with E-state index in [-0.39, 0.29) is 5.91 Å². The Morgan fingerprint density at radius 2 is 1.86 bits per heavy atom. The molecular formula is C22H30N4O2. The molecule has 1 aliphatic carbocycles. The molecule has 3 fully saturated rings. The highest BCUT2D eigenvalue weighted by atomic mass is 16.5. The van der Waals surface area contributed by atoms with Crippen LogP contribution in [0.2, 0.25) is 0 Å².